The molecular formula is C10H22OSi2. The van der Waals surface area contributed by atoms with E-state index in [1.807, 2.05) is 11.4 Å². The van der Waals surface area contributed by atoms with Gasteiger partial charge in [-0.2, -0.15) is 0 Å². The highest BCUT2D eigenvalue weighted by molar-refractivity contribution is 6.91. The Balaban J connectivity index is 4.59. The lowest BCUT2D eigenvalue weighted by Gasteiger charge is -2.33. The van der Waals surface area contributed by atoms with Gasteiger partial charge in [-0.25, -0.2) is 0 Å². The zero-order valence-corrected chi connectivity index (χ0v) is 11.4. The van der Waals surface area contributed by atoms with E-state index >= 15 is 0 Å². The van der Waals surface area contributed by atoms with Crippen LogP contribution < -0.4 is 0 Å². The van der Waals surface area contributed by atoms with Crippen LogP contribution in [0.2, 0.25) is 25.2 Å². The van der Waals surface area contributed by atoms with Gasteiger partial charge in [-0.15, -0.1) is 13.2 Å². The van der Waals surface area contributed by atoms with Crippen molar-refractivity contribution in [3.8, 4) is 0 Å². The van der Waals surface area contributed by atoms with Gasteiger partial charge in [-0.3, -0.25) is 0 Å². The van der Waals surface area contributed by atoms with Crippen LogP contribution in [0, 0.1) is 0 Å². The summed E-state index contributed by atoms with van der Waals surface area (Å²) in [5, 5.41) is 0. The summed E-state index contributed by atoms with van der Waals surface area (Å²) in [6.07, 6.45) is 0. The van der Waals surface area contributed by atoms with Crippen molar-refractivity contribution in [1.82, 2.24) is 0 Å². The average molecular weight is 214 g/mol. The standard InChI is InChI=1S/C10H22OSi2/c1-7-12(5,6)11-13(8-2,9-3)10-4/h8-9H,2-3,7,10H2,1,4-6H3. The molecule has 0 fully saturated rings. The van der Waals surface area contributed by atoms with E-state index in [4.69, 9.17) is 4.12 Å². The Kier molecular flexibility index (Phi) is 4.88. The van der Waals surface area contributed by atoms with Crippen LogP contribution in [0.3, 0.4) is 0 Å². The van der Waals surface area contributed by atoms with Crippen molar-refractivity contribution in [2.24, 2.45) is 0 Å². The summed E-state index contributed by atoms with van der Waals surface area (Å²) in [7, 11) is -3.24. The van der Waals surface area contributed by atoms with E-state index in [1.54, 1.807) is 0 Å². The minimum atomic E-state index is -1.78. The molecule has 0 N–H and O–H groups in total. The number of hydrogen-bond donors (Lipinski definition) is 0. The molecule has 0 saturated heterocycles. The van der Waals surface area contributed by atoms with Crippen molar-refractivity contribution in [2.45, 2.75) is 39.0 Å². The molecule has 3 heteroatoms. The third kappa shape index (κ3) is 3.62. The van der Waals surface area contributed by atoms with Gasteiger partial charge in [-0.1, -0.05) is 25.2 Å². The Morgan fingerprint density at radius 2 is 1.54 bits per heavy atom. The molecule has 0 bridgehead atoms. The fourth-order valence-electron chi connectivity index (χ4n) is 1.11. The Hall–Kier alpha value is -0.126. The number of rotatable bonds is 6. The lowest BCUT2D eigenvalue weighted by Crippen LogP contribution is -2.45. The van der Waals surface area contributed by atoms with Gasteiger partial charge in [-0.05, 0) is 25.2 Å². The fourth-order valence-corrected chi connectivity index (χ4v) is 7.79. The first-order chi connectivity index (χ1) is 5.95. The van der Waals surface area contributed by atoms with E-state index in [9.17, 15) is 0 Å². The monoisotopic (exact) mass is 214 g/mol. The zero-order chi connectivity index (χ0) is 10.5. The summed E-state index contributed by atoms with van der Waals surface area (Å²) in [6.45, 7) is 16.6. The van der Waals surface area contributed by atoms with Gasteiger partial charge in [0, 0.05) is 0 Å². The van der Waals surface area contributed by atoms with Crippen LogP contribution in [0.15, 0.2) is 24.6 Å². The molecule has 0 aromatic heterocycles. The van der Waals surface area contributed by atoms with Gasteiger partial charge in [0.05, 0.1) is 0 Å². The van der Waals surface area contributed by atoms with E-state index < -0.39 is 16.6 Å². The van der Waals surface area contributed by atoms with Gasteiger partial charge >= 0.3 is 0 Å². The second-order valence-corrected chi connectivity index (χ2v) is 12.4. The van der Waals surface area contributed by atoms with E-state index in [-0.39, 0.29) is 0 Å². The first kappa shape index (κ1) is 12.9. The Bertz CT molecular complexity index is 179. The van der Waals surface area contributed by atoms with Crippen LogP contribution in [0.5, 0.6) is 0 Å². The van der Waals surface area contributed by atoms with Gasteiger partial charge < -0.3 is 4.12 Å². The van der Waals surface area contributed by atoms with Gasteiger partial charge in [0.1, 0.15) is 0 Å². The molecule has 0 unspecified atom stereocenters. The molecule has 0 saturated carbocycles. The Morgan fingerprint density at radius 1 is 1.08 bits per heavy atom. The molecule has 0 aliphatic carbocycles. The van der Waals surface area contributed by atoms with Crippen molar-refractivity contribution < 1.29 is 4.12 Å². The zero-order valence-electron chi connectivity index (χ0n) is 9.39. The van der Waals surface area contributed by atoms with Crippen molar-refractivity contribution in [2.75, 3.05) is 0 Å². The summed E-state index contributed by atoms with van der Waals surface area (Å²) in [6, 6.07) is 2.21. The molecule has 0 aromatic carbocycles. The summed E-state index contributed by atoms with van der Waals surface area (Å²) < 4.78 is 6.26. The van der Waals surface area contributed by atoms with Crippen LogP contribution in [-0.2, 0) is 4.12 Å². The van der Waals surface area contributed by atoms with Crippen LogP contribution in [0.1, 0.15) is 13.8 Å². The Labute approximate surface area is 84.8 Å². The summed E-state index contributed by atoms with van der Waals surface area (Å²) in [5.74, 6) is 0. The molecule has 0 spiro atoms. The smallest absolute Gasteiger partial charge is 0.228 e. The highest BCUT2D eigenvalue weighted by Gasteiger charge is 2.33. The quantitative estimate of drug-likeness (QED) is 0.613. The maximum absolute atomic E-state index is 6.26. The molecule has 1 nitrogen and oxygen atoms in total. The van der Waals surface area contributed by atoms with E-state index in [2.05, 4.69) is 40.1 Å². The molecule has 0 aliphatic rings. The van der Waals surface area contributed by atoms with Gasteiger partial charge in [0.25, 0.3) is 0 Å². The summed E-state index contributed by atoms with van der Waals surface area (Å²) in [5.41, 5.74) is 4.01. The van der Waals surface area contributed by atoms with E-state index in [0.29, 0.717) is 0 Å². The maximum atomic E-state index is 6.26. The molecule has 0 aromatic rings. The van der Waals surface area contributed by atoms with Crippen LogP contribution in [-0.4, -0.2) is 16.6 Å². The lowest BCUT2D eigenvalue weighted by atomic mass is 11.0. The molecule has 0 radical (unpaired) electrons. The first-order valence-corrected chi connectivity index (χ1v) is 10.3. The largest absolute Gasteiger partial charge is 0.450 e. The Morgan fingerprint density at radius 3 is 1.77 bits per heavy atom. The van der Waals surface area contributed by atoms with Crippen molar-refractivity contribution in [3.63, 3.8) is 0 Å². The highest BCUT2D eigenvalue weighted by atomic mass is 28.4. The molecular weight excluding hydrogens is 192 g/mol. The minimum Gasteiger partial charge on any atom is -0.450 e. The second-order valence-electron chi connectivity index (χ2n) is 3.93. The normalized spacial score (nSPS) is 12.6. The average Bonchev–Trinajstić information content (AvgIpc) is 2.14. The predicted molar refractivity (Wildman–Crippen MR) is 65.7 cm³/mol. The molecule has 0 amide bonds. The van der Waals surface area contributed by atoms with E-state index in [0.717, 1.165) is 12.1 Å². The molecule has 0 atom stereocenters. The molecule has 0 rings (SSSR count). The fraction of sp³-hybridized carbons (Fsp3) is 0.600. The van der Waals surface area contributed by atoms with Crippen molar-refractivity contribution in [1.29, 1.82) is 0 Å². The second kappa shape index (κ2) is 4.93. The first-order valence-electron chi connectivity index (χ1n) is 4.92. The van der Waals surface area contributed by atoms with Crippen LogP contribution in [0.4, 0.5) is 0 Å². The lowest BCUT2D eigenvalue weighted by molar-refractivity contribution is 0.554. The van der Waals surface area contributed by atoms with Gasteiger partial charge in [0.2, 0.25) is 8.32 Å². The minimum absolute atomic E-state index is 1.05. The number of hydrogen-bond acceptors (Lipinski definition) is 1. The SMILES string of the molecule is C=C[Si](C=C)(CC)O[Si](C)(C)CC. The molecule has 0 heterocycles. The molecule has 0 aliphatic heterocycles. The van der Waals surface area contributed by atoms with E-state index in [1.165, 1.54) is 0 Å². The van der Waals surface area contributed by atoms with Gasteiger partial charge in [0.15, 0.2) is 8.32 Å². The third-order valence-electron chi connectivity index (χ3n) is 2.56. The summed E-state index contributed by atoms with van der Waals surface area (Å²) >= 11 is 0. The predicted octanol–water partition coefficient (Wildman–Crippen LogP) is 3.64. The third-order valence-corrected chi connectivity index (χ3v) is 10.5. The topological polar surface area (TPSA) is 9.23 Å². The molecule has 13 heavy (non-hydrogen) atoms. The van der Waals surface area contributed by atoms with Crippen LogP contribution in [0.25, 0.3) is 0 Å². The summed E-state index contributed by atoms with van der Waals surface area (Å²) in [4.78, 5) is 0. The molecule has 76 valence electrons. The highest BCUT2D eigenvalue weighted by Crippen LogP contribution is 2.22. The van der Waals surface area contributed by atoms with Crippen LogP contribution >= 0.6 is 0 Å². The van der Waals surface area contributed by atoms with Crippen molar-refractivity contribution in [3.05, 3.63) is 24.6 Å². The van der Waals surface area contributed by atoms with Crippen molar-refractivity contribution >= 4 is 16.6 Å². The maximum Gasteiger partial charge on any atom is 0.228 e.